The topological polar surface area (TPSA) is 97.0 Å². The first-order valence-corrected chi connectivity index (χ1v) is 11.6. The van der Waals surface area contributed by atoms with Crippen LogP contribution in [-0.2, 0) is 22.4 Å². The lowest BCUT2D eigenvalue weighted by Crippen LogP contribution is -2.38. The third-order valence-electron chi connectivity index (χ3n) is 5.37. The smallest absolute Gasteiger partial charge is 0.329 e. The second-order valence-corrected chi connectivity index (χ2v) is 7.86. The Morgan fingerprint density at radius 2 is 1.97 bits per heavy atom. The average molecular weight is 488 g/mol. The number of allylic oxidation sites excluding steroid dienone is 1. The normalized spacial score (nSPS) is 13.8. The summed E-state index contributed by atoms with van der Waals surface area (Å²) in [6, 6.07) is 10.2. The van der Waals surface area contributed by atoms with Gasteiger partial charge in [0, 0.05) is 11.3 Å². The van der Waals surface area contributed by atoms with Crippen LogP contribution >= 0.6 is 0 Å². The molecule has 1 aliphatic heterocycles. The predicted molar refractivity (Wildman–Crippen MR) is 139 cm³/mol. The number of ether oxygens (including phenoxy) is 2. The van der Waals surface area contributed by atoms with Crippen LogP contribution in [0.2, 0.25) is 0 Å². The maximum atomic E-state index is 13.0. The Morgan fingerprint density at radius 1 is 1.19 bits per heavy atom. The maximum Gasteiger partial charge on any atom is 0.329 e. The van der Waals surface area contributed by atoms with Gasteiger partial charge in [0.1, 0.15) is 18.8 Å². The van der Waals surface area contributed by atoms with Gasteiger partial charge in [0.2, 0.25) is 5.91 Å². The number of carbonyl (C=O) groups excluding carboxylic acids is 3. The lowest BCUT2D eigenvalue weighted by molar-refractivity contribution is -0.127. The van der Waals surface area contributed by atoms with Crippen LogP contribution in [0.5, 0.6) is 11.5 Å². The molecule has 0 atom stereocenters. The Morgan fingerprint density at radius 3 is 2.67 bits per heavy atom. The fourth-order valence-electron chi connectivity index (χ4n) is 3.78. The van der Waals surface area contributed by atoms with Crippen molar-refractivity contribution in [1.29, 1.82) is 0 Å². The van der Waals surface area contributed by atoms with E-state index in [1.807, 2.05) is 32.0 Å². The minimum Gasteiger partial charge on any atom is -0.490 e. The molecule has 3 rings (SSSR count). The summed E-state index contributed by atoms with van der Waals surface area (Å²) in [6.07, 6.45) is 9.79. The third-order valence-corrected chi connectivity index (χ3v) is 5.37. The van der Waals surface area contributed by atoms with Crippen molar-refractivity contribution in [3.05, 3.63) is 71.4 Å². The molecule has 0 unspecified atom stereocenters. The van der Waals surface area contributed by atoms with Crippen molar-refractivity contribution in [2.45, 2.75) is 26.7 Å². The number of imide groups is 1. The van der Waals surface area contributed by atoms with E-state index >= 15 is 0 Å². The SMILES string of the molecule is C#CCOc1c(CC=C)cc(/C=C2/NC(=O)N(CC(=O)Nc3ccccc3CC)C2=O)cc1OCC. The Hall–Kier alpha value is -4.51. The van der Waals surface area contributed by atoms with Crippen molar-refractivity contribution in [3.63, 3.8) is 0 Å². The lowest BCUT2D eigenvalue weighted by atomic mass is 10.0. The van der Waals surface area contributed by atoms with E-state index in [9.17, 15) is 14.4 Å². The van der Waals surface area contributed by atoms with E-state index in [2.05, 4.69) is 23.1 Å². The summed E-state index contributed by atoms with van der Waals surface area (Å²) in [7, 11) is 0. The summed E-state index contributed by atoms with van der Waals surface area (Å²) < 4.78 is 11.4. The number of urea groups is 1. The maximum absolute atomic E-state index is 13.0. The van der Waals surface area contributed by atoms with Gasteiger partial charge >= 0.3 is 6.03 Å². The number of nitrogens with one attached hydrogen (secondary N) is 2. The summed E-state index contributed by atoms with van der Waals surface area (Å²) in [5.74, 6) is 2.33. The van der Waals surface area contributed by atoms with Crippen molar-refractivity contribution in [2.75, 3.05) is 25.1 Å². The van der Waals surface area contributed by atoms with Gasteiger partial charge in [-0.05, 0) is 55.2 Å². The zero-order valence-electron chi connectivity index (χ0n) is 20.4. The van der Waals surface area contributed by atoms with Crippen LogP contribution in [0.3, 0.4) is 0 Å². The monoisotopic (exact) mass is 487 g/mol. The number of benzene rings is 2. The van der Waals surface area contributed by atoms with E-state index in [1.165, 1.54) is 6.08 Å². The number of para-hydroxylation sites is 1. The molecular formula is C28H29N3O5. The molecule has 4 amide bonds. The number of hydrogen-bond donors (Lipinski definition) is 2. The van der Waals surface area contributed by atoms with Crippen molar-refractivity contribution < 1.29 is 23.9 Å². The van der Waals surface area contributed by atoms with Crippen LogP contribution in [0, 0.1) is 12.3 Å². The highest BCUT2D eigenvalue weighted by Gasteiger charge is 2.35. The summed E-state index contributed by atoms with van der Waals surface area (Å²) in [5.41, 5.74) is 3.03. The fourth-order valence-corrected chi connectivity index (χ4v) is 3.78. The molecule has 2 N–H and O–H groups in total. The molecule has 1 heterocycles. The number of aryl methyl sites for hydroxylation is 1. The summed E-state index contributed by atoms with van der Waals surface area (Å²) >= 11 is 0. The van der Waals surface area contributed by atoms with Crippen molar-refractivity contribution in [1.82, 2.24) is 10.2 Å². The number of anilines is 1. The molecule has 0 aromatic heterocycles. The molecule has 8 nitrogen and oxygen atoms in total. The zero-order chi connectivity index (χ0) is 26.1. The summed E-state index contributed by atoms with van der Waals surface area (Å²) in [4.78, 5) is 38.9. The summed E-state index contributed by atoms with van der Waals surface area (Å²) in [5, 5.41) is 5.32. The molecule has 0 spiro atoms. The molecular weight excluding hydrogens is 458 g/mol. The Balaban J connectivity index is 1.83. The molecule has 36 heavy (non-hydrogen) atoms. The molecule has 0 bridgehead atoms. The number of rotatable bonds is 11. The molecule has 8 heteroatoms. The molecule has 1 aliphatic rings. The molecule has 0 radical (unpaired) electrons. The molecule has 2 aromatic rings. The quantitative estimate of drug-likeness (QED) is 0.217. The number of hydrogen-bond acceptors (Lipinski definition) is 5. The van der Waals surface area contributed by atoms with E-state index in [4.69, 9.17) is 15.9 Å². The Bertz CT molecular complexity index is 1240. The van der Waals surface area contributed by atoms with Crippen LogP contribution in [0.15, 0.2) is 54.8 Å². The minimum absolute atomic E-state index is 0.0473. The third kappa shape index (κ3) is 6.13. The molecule has 2 aromatic carbocycles. The van der Waals surface area contributed by atoms with Crippen molar-refractivity contribution in [2.24, 2.45) is 0 Å². The molecule has 0 aliphatic carbocycles. The highest BCUT2D eigenvalue weighted by atomic mass is 16.5. The van der Waals surface area contributed by atoms with E-state index in [-0.39, 0.29) is 12.3 Å². The average Bonchev–Trinajstić information content (AvgIpc) is 3.11. The van der Waals surface area contributed by atoms with Gasteiger partial charge in [-0.2, -0.15) is 0 Å². The van der Waals surface area contributed by atoms with Crippen LogP contribution in [0.4, 0.5) is 10.5 Å². The fraction of sp³-hybridized carbons (Fsp3) is 0.250. The standard InChI is InChI=1S/C28H29N3O5/c1-5-11-21-15-19(17-24(35-8-4)26(21)36-14-6-2)16-23-27(33)31(28(34)30-23)18-25(32)29-22-13-10-9-12-20(22)7-3/h2,5,9-10,12-13,15-17H,1,7-8,11,14,18H2,3-4H3,(H,29,32)(H,30,34)/b23-16+. The van der Waals surface area contributed by atoms with Gasteiger partial charge in [-0.15, -0.1) is 13.0 Å². The van der Waals surface area contributed by atoms with Crippen LogP contribution in [0.25, 0.3) is 6.08 Å². The first-order valence-electron chi connectivity index (χ1n) is 11.6. The van der Waals surface area contributed by atoms with Gasteiger partial charge in [-0.1, -0.05) is 37.1 Å². The second-order valence-electron chi connectivity index (χ2n) is 7.86. The Labute approximate surface area is 211 Å². The number of nitrogens with zero attached hydrogens (tertiary/aromatic N) is 1. The van der Waals surface area contributed by atoms with Crippen LogP contribution in [0.1, 0.15) is 30.5 Å². The highest BCUT2D eigenvalue weighted by Crippen LogP contribution is 2.35. The van der Waals surface area contributed by atoms with Gasteiger partial charge in [-0.3, -0.25) is 9.59 Å². The molecule has 0 saturated carbocycles. The van der Waals surface area contributed by atoms with E-state index in [0.29, 0.717) is 35.8 Å². The van der Waals surface area contributed by atoms with Gasteiger partial charge in [0.05, 0.1) is 6.61 Å². The van der Waals surface area contributed by atoms with Gasteiger partial charge in [0.25, 0.3) is 5.91 Å². The summed E-state index contributed by atoms with van der Waals surface area (Å²) in [6.45, 7) is 7.64. The van der Waals surface area contributed by atoms with E-state index in [1.54, 1.807) is 24.3 Å². The van der Waals surface area contributed by atoms with Crippen molar-refractivity contribution >= 4 is 29.6 Å². The second kappa shape index (κ2) is 12.3. The highest BCUT2D eigenvalue weighted by molar-refractivity contribution is 6.16. The van der Waals surface area contributed by atoms with Gasteiger partial charge in [0.15, 0.2) is 11.5 Å². The lowest BCUT2D eigenvalue weighted by Gasteiger charge is -2.15. The number of terminal acetylenes is 1. The minimum atomic E-state index is -0.671. The van der Waals surface area contributed by atoms with Crippen LogP contribution in [-0.4, -0.2) is 42.5 Å². The van der Waals surface area contributed by atoms with E-state index in [0.717, 1.165) is 22.4 Å². The molecule has 186 valence electrons. The first kappa shape index (κ1) is 26.1. The Kier molecular flexibility index (Phi) is 8.89. The first-order chi connectivity index (χ1) is 17.4. The van der Waals surface area contributed by atoms with Gasteiger partial charge < -0.3 is 20.1 Å². The van der Waals surface area contributed by atoms with E-state index < -0.39 is 24.4 Å². The predicted octanol–water partition coefficient (Wildman–Crippen LogP) is 3.92. The van der Waals surface area contributed by atoms with Crippen LogP contribution < -0.4 is 20.1 Å². The number of amides is 4. The van der Waals surface area contributed by atoms with Crippen molar-refractivity contribution in [3.8, 4) is 23.8 Å². The molecule has 1 saturated heterocycles. The zero-order valence-corrected chi connectivity index (χ0v) is 20.4. The number of carbonyl (C=O) groups is 3. The van der Waals surface area contributed by atoms with Gasteiger partial charge in [-0.25, -0.2) is 9.69 Å². The molecule has 1 fully saturated rings. The largest absolute Gasteiger partial charge is 0.490 e.